The maximum Gasteiger partial charge on any atom is 0.175 e. The van der Waals surface area contributed by atoms with Crippen molar-refractivity contribution in [3.63, 3.8) is 0 Å². The Hall–Kier alpha value is -1.65. The van der Waals surface area contributed by atoms with E-state index >= 15 is 0 Å². The van der Waals surface area contributed by atoms with E-state index in [0.29, 0.717) is 31.3 Å². The number of aryl methyl sites for hydroxylation is 1. The highest BCUT2D eigenvalue weighted by molar-refractivity contribution is 9.10. The molecular formula is C19H21BrClNO2. The summed E-state index contributed by atoms with van der Waals surface area (Å²) in [6, 6.07) is 9.94. The van der Waals surface area contributed by atoms with E-state index in [1.807, 2.05) is 44.2 Å². The van der Waals surface area contributed by atoms with Gasteiger partial charge in [0.1, 0.15) is 6.61 Å². The summed E-state index contributed by atoms with van der Waals surface area (Å²) in [6.45, 7) is 9.26. The molecule has 0 amide bonds. The second-order valence-electron chi connectivity index (χ2n) is 5.26. The molecule has 5 heteroatoms. The number of nitrogens with one attached hydrogen (secondary N) is 1. The molecule has 3 nitrogen and oxygen atoms in total. The number of rotatable bonds is 8. The quantitative estimate of drug-likeness (QED) is 0.542. The molecule has 0 aliphatic rings. The minimum atomic E-state index is 0.429. The fourth-order valence-electron chi connectivity index (χ4n) is 2.18. The lowest BCUT2D eigenvalue weighted by atomic mass is 10.2. The Balaban J connectivity index is 2.17. The molecule has 0 aliphatic carbocycles. The summed E-state index contributed by atoms with van der Waals surface area (Å²) in [7, 11) is 0. The van der Waals surface area contributed by atoms with E-state index in [-0.39, 0.29) is 0 Å². The van der Waals surface area contributed by atoms with Crippen molar-refractivity contribution >= 4 is 33.2 Å². The Labute approximate surface area is 156 Å². The van der Waals surface area contributed by atoms with E-state index in [1.54, 1.807) is 6.08 Å². The molecule has 0 atom stereocenters. The molecule has 0 spiro atoms. The molecule has 0 radical (unpaired) electrons. The number of ether oxygens (including phenoxy) is 2. The third-order valence-corrected chi connectivity index (χ3v) is 4.38. The average molecular weight is 411 g/mol. The Kier molecular flexibility index (Phi) is 7.00. The summed E-state index contributed by atoms with van der Waals surface area (Å²) in [5.41, 5.74) is 3.12. The van der Waals surface area contributed by atoms with Crippen molar-refractivity contribution in [1.82, 2.24) is 0 Å². The predicted molar refractivity (Wildman–Crippen MR) is 105 cm³/mol. The Morgan fingerprint density at radius 2 is 2.04 bits per heavy atom. The molecule has 0 bridgehead atoms. The first-order valence-corrected chi connectivity index (χ1v) is 8.91. The van der Waals surface area contributed by atoms with Crippen LogP contribution < -0.4 is 14.8 Å². The van der Waals surface area contributed by atoms with Gasteiger partial charge in [0, 0.05) is 17.3 Å². The second-order valence-corrected chi connectivity index (χ2v) is 6.52. The van der Waals surface area contributed by atoms with Gasteiger partial charge in [0.25, 0.3) is 0 Å². The van der Waals surface area contributed by atoms with Crippen molar-refractivity contribution in [3.8, 4) is 11.5 Å². The molecule has 0 heterocycles. The highest BCUT2D eigenvalue weighted by atomic mass is 79.9. The summed E-state index contributed by atoms with van der Waals surface area (Å²) < 4.78 is 12.2. The van der Waals surface area contributed by atoms with Gasteiger partial charge < -0.3 is 14.8 Å². The maximum absolute atomic E-state index is 6.16. The molecule has 0 unspecified atom stereocenters. The standard InChI is InChI=1S/C19H21BrClNO2/c1-4-8-24-19-16(20)9-14(10-18(19)23-5-2)12-22-15-7-6-13(3)17(21)11-15/h4,6-7,9-11,22H,1,5,8,12H2,2-3H3. The number of benzene rings is 2. The number of hydrogen-bond donors (Lipinski definition) is 1. The van der Waals surface area contributed by atoms with Crippen LogP contribution in [0.4, 0.5) is 5.69 Å². The van der Waals surface area contributed by atoms with Gasteiger partial charge in [-0.1, -0.05) is 30.3 Å². The van der Waals surface area contributed by atoms with Crippen LogP contribution in [0.2, 0.25) is 5.02 Å². The van der Waals surface area contributed by atoms with Crippen LogP contribution in [-0.4, -0.2) is 13.2 Å². The molecule has 24 heavy (non-hydrogen) atoms. The van der Waals surface area contributed by atoms with Crippen molar-refractivity contribution in [3.05, 3.63) is 63.6 Å². The zero-order chi connectivity index (χ0) is 17.5. The number of hydrogen-bond acceptors (Lipinski definition) is 3. The van der Waals surface area contributed by atoms with Gasteiger partial charge in [0.05, 0.1) is 11.1 Å². The highest BCUT2D eigenvalue weighted by Crippen LogP contribution is 2.37. The van der Waals surface area contributed by atoms with Gasteiger partial charge in [-0.15, -0.1) is 0 Å². The molecule has 0 fully saturated rings. The monoisotopic (exact) mass is 409 g/mol. The van der Waals surface area contributed by atoms with E-state index in [2.05, 4.69) is 27.8 Å². The van der Waals surface area contributed by atoms with Crippen LogP contribution in [0.5, 0.6) is 11.5 Å². The van der Waals surface area contributed by atoms with Gasteiger partial charge in [-0.05, 0) is 65.2 Å². The van der Waals surface area contributed by atoms with Crippen LogP contribution in [-0.2, 0) is 6.54 Å². The zero-order valence-corrected chi connectivity index (χ0v) is 16.2. The van der Waals surface area contributed by atoms with Crippen LogP contribution in [0.25, 0.3) is 0 Å². The topological polar surface area (TPSA) is 30.5 Å². The van der Waals surface area contributed by atoms with Crippen molar-refractivity contribution in [2.75, 3.05) is 18.5 Å². The molecule has 0 saturated heterocycles. The lowest BCUT2D eigenvalue weighted by Crippen LogP contribution is -2.04. The molecule has 128 valence electrons. The van der Waals surface area contributed by atoms with Gasteiger partial charge in [-0.3, -0.25) is 0 Å². The first-order valence-electron chi connectivity index (χ1n) is 7.74. The van der Waals surface area contributed by atoms with Crippen LogP contribution in [0.15, 0.2) is 47.5 Å². The Morgan fingerprint density at radius 3 is 2.71 bits per heavy atom. The normalized spacial score (nSPS) is 10.3. The van der Waals surface area contributed by atoms with E-state index in [0.717, 1.165) is 26.3 Å². The summed E-state index contributed by atoms with van der Waals surface area (Å²) in [5.74, 6) is 1.41. The Bertz CT molecular complexity index is 719. The summed E-state index contributed by atoms with van der Waals surface area (Å²) >= 11 is 9.72. The van der Waals surface area contributed by atoms with E-state index < -0.39 is 0 Å². The largest absolute Gasteiger partial charge is 0.490 e. The second kappa shape index (κ2) is 9.00. The lowest BCUT2D eigenvalue weighted by molar-refractivity contribution is 0.295. The molecule has 1 N–H and O–H groups in total. The molecule has 2 aromatic rings. The van der Waals surface area contributed by atoms with Gasteiger partial charge in [0.2, 0.25) is 0 Å². The van der Waals surface area contributed by atoms with Gasteiger partial charge in [-0.2, -0.15) is 0 Å². The summed E-state index contributed by atoms with van der Waals surface area (Å²) in [5, 5.41) is 4.12. The zero-order valence-electron chi connectivity index (χ0n) is 13.9. The van der Waals surface area contributed by atoms with E-state index in [1.165, 1.54) is 0 Å². The van der Waals surface area contributed by atoms with Crippen LogP contribution in [0.3, 0.4) is 0 Å². The van der Waals surface area contributed by atoms with E-state index in [9.17, 15) is 0 Å². The van der Waals surface area contributed by atoms with Gasteiger partial charge in [-0.25, -0.2) is 0 Å². The average Bonchev–Trinajstić information content (AvgIpc) is 2.55. The van der Waals surface area contributed by atoms with Crippen molar-refractivity contribution < 1.29 is 9.47 Å². The summed E-state index contributed by atoms with van der Waals surface area (Å²) in [4.78, 5) is 0. The molecule has 2 rings (SSSR count). The fraction of sp³-hybridized carbons (Fsp3) is 0.263. The van der Waals surface area contributed by atoms with Gasteiger partial charge in [0.15, 0.2) is 11.5 Å². The highest BCUT2D eigenvalue weighted by Gasteiger charge is 2.12. The fourth-order valence-corrected chi connectivity index (χ4v) is 2.96. The molecule has 0 saturated carbocycles. The number of halogens is 2. The molecular weight excluding hydrogens is 390 g/mol. The smallest absolute Gasteiger partial charge is 0.175 e. The van der Waals surface area contributed by atoms with Crippen LogP contribution >= 0.6 is 27.5 Å². The van der Waals surface area contributed by atoms with Crippen molar-refractivity contribution in [2.24, 2.45) is 0 Å². The van der Waals surface area contributed by atoms with E-state index in [4.69, 9.17) is 21.1 Å². The summed E-state index contributed by atoms with van der Waals surface area (Å²) in [6.07, 6.45) is 1.71. The predicted octanol–water partition coefficient (Wildman–Crippen LogP) is 5.99. The molecule has 0 aromatic heterocycles. The first-order chi connectivity index (χ1) is 11.5. The third kappa shape index (κ3) is 4.92. The lowest BCUT2D eigenvalue weighted by Gasteiger charge is -2.15. The molecule has 2 aromatic carbocycles. The third-order valence-electron chi connectivity index (χ3n) is 3.38. The SMILES string of the molecule is C=CCOc1c(Br)cc(CNc2ccc(C)c(Cl)c2)cc1OCC. The Morgan fingerprint density at radius 1 is 1.25 bits per heavy atom. The first kappa shape index (κ1) is 18.7. The van der Waals surface area contributed by atoms with Crippen molar-refractivity contribution in [2.45, 2.75) is 20.4 Å². The maximum atomic E-state index is 6.16. The van der Waals surface area contributed by atoms with Crippen LogP contribution in [0, 0.1) is 6.92 Å². The molecule has 0 aliphatic heterocycles. The van der Waals surface area contributed by atoms with Gasteiger partial charge >= 0.3 is 0 Å². The minimum Gasteiger partial charge on any atom is -0.490 e. The number of anilines is 1. The minimum absolute atomic E-state index is 0.429. The van der Waals surface area contributed by atoms with Crippen molar-refractivity contribution in [1.29, 1.82) is 0 Å². The van der Waals surface area contributed by atoms with Crippen LogP contribution in [0.1, 0.15) is 18.1 Å².